The smallest absolute Gasteiger partial charge is 0.255 e. The van der Waals surface area contributed by atoms with Gasteiger partial charge in [0.2, 0.25) is 10.0 Å². The number of hydrogen-bond donors (Lipinski definition) is 1. The van der Waals surface area contributed by atoms with Crippen LogP contribution in [0.4, 0.5) is 5.69 Å². The van der Waals surface area contributed by atoms with Crippen LogP contribution in [0.25, 0.3) is 0 Å². The van der Waals surface area contributed by atoms with Gasteiger partial charge in [-0.2, -0.15) is 0 Å². The van der Waals surface area contributed by atoms with Crippen molar-refractivity contribution in [3.63, 3.8) is 0 Å². The monoisotopic (exact) mass is 364 g/mol. The summed E-state index contributed by atoms with van der Waals surface area (Å²) in [5, 5.41) is 0.304. The van der Waals surface area contributed by atoms with Crippen molar-refractivity contribution < 1.29 is 13.2 Å². The van der Waals surface area contributed by atoms with Gasteiger partial charge >= 0.3 is 0 Å². The SMILES string of the molecule is CS(=O)(=O)Nc1ccc(Cl)c(C(=O)N2CCc3ccccc3C2)c1. The molecule has 1 amide bonds. The van der Waals surface area contributed by atoms with Gasteiger partial charge in [-0.25, -0.2) is 8.42 Å². The van der Waals surface area contributed by atoms with Crippen molar-refractivity contribution in [1.82, 2.24) is 4.90 Å². The lowest BCUT2D eigenvalue weighted by Gasteiger charge is -2.29. The number of nitrogens with zero attached hydrogens (tertiary/aromatic N) is 1. The molecule has 0 aromatic heterocycles. The molecule has 0 atom stereocenters. The largest absolute Gasteiger partial charge is 0.334 e. The highest BCUT2D eigenvalue weighted by molar-refractivity contribution is 7.92. The minimum atomic E-state index is -3.42. The molecule has 1 aliphatic heterocycles. The predicted molar refractivity (Wildman–Crippen MR) is 94.8 cm³/mol. The number of amides is 1. The van der Waals surface area contributed by atoms with Gasteiger partial charge in [0.05, 0.1) is 16.8 Å². The summed E-state index contributed by atoms with van der Waals surface area (Å²) in [4.78, 5) is 14.5. The van der Waals surface area contributed by atoms with E-state index >= 15 is 0 Å². The first-order valence-electron chi connectivity index (χ1n) is 7.47. The van der Waals surface area contributed by atoms with E-state index in [1.807, 2.05) is 18.2 Å². The third-order valence-corrected chi connectivity index (χ3v) is 4.85. The van der Waals surface area contributed by atoms with E-state index in [9.17, 15) is 13.2 Å². The normalized spacial score (nSPS) is 14.2. The van der Waals surface area contributed by atoms with E-state index in [-0.39, 0.29) is 5.91 Å². The van der Waals surface area contributed by atoms with Gasteiger partial charge in [-0.1, -0.05) is 35.9 Å². The van der Waals surface area contributed by atoms with Crippen LogP contribution in [0.1, 0.15) is 21.5 Å². The lowest BCUT2D eigenvalue weighted by molar-refractivity contribution is 0.0735. The fourth-order valence-electron chi connectivity index (χ4n) is 2.81. The Morgan fingerprint density at radius 3 is 2.58 bits per heavy atom. The highest BCUT2D eigenvalue weighted by atomic mass is 35.5. The van der Waals surface area contributed by atoms with Crippen LogP contribution < -0.4 is 4.72 Å². The molecule has 7 heteroatoms. The zero-order valence-corrected chi connectivity index (χ0v) is 14.7. The van der Waals surface area contributed by atoms with Crippen LogP contribution >= 0.6 is 11.6 Å². The number of sulfonamides is 1. The summed E-state index contributed by atoms with van der Waals surface area (Å²) in [7, 11) is -3.42. The van der Waals surface area contributed by atoms with E-state index in [4.69, 9.17) is 11.6 Å². The van der Waals surface area contributed by atoms with Gasteiger partial charge < -0.3 is 4.90 Å². The molecule has 0 fully saturated rings. The van der Waals surface area contributed by atoms with Crippen LogP contribution in [-0.4, -0.2) is 32.0 Å². The van der Waals surface area contributed by atoms with Crippen molar-refractivity contribution in [2.24, 2.45) is 0 Å². The fourth-order valence-corrected chi connectivity index (χ4v) is 3.56. The molecule has 0 radical (unpaired) electrons. The topological polar surface area (TPSA) is 66.5 Å². The molecule has 0 saturated carbocycles. The first-order chi connectivity index (χ1) is 11.3. The van der Waals surface area contributed by atoms with Gasteiger partial charge in [-0.05, 0) is 35.7 Å². The van der Waals surface area contributed by atoms with E-state index in [0.29, 0.717) is 29.4 Å². The third-order valence-electron chi connectivity index (χ3n) is 3.92. The zero-order valence-electron chi connectivity index (χ0n) is 13.1. The first kappa shape index (κ1) is 16.8. The Hall–Kier alpha value is -2.05. The van der Waals surface area contributed by atoms with Gasteiger partial charge in [-0.15, -0.1) is 0 Å². The summed E-state index contributed by atoms with van der Waals surface area (Å²) in [6.45, 7) is 1.13. The quantitative estimate of drug-likeness (QED) is 0.910. The van der Waals surface area contributed by atoms with Crippen LogP contribution in [-0.2, 0) is 23.0 Å². The van der Waals surface area contributed by atoms with Crippen LogP contribution in [0, 0.1) is 0 Å². The first-order valence-corrected chi connectivity index (χ1v) is 9.74. The number of fused-ring (bicyclic) bond motifs is 1. The third kappa shape index (κ3) is 3.71. The maximum atomic E-state index is 12.8. The van der Waals surface area contributed by atoms with Crippen molar-refractivity contribution in [1.29, 1.82) is 0 Å². The molecule has 0 saturated heterocycles. The Morgan fingerprint density at radius 1 is 1.17 bits per heavy atom. The van der Waals surface area contributed by atoms with Gasteiger partial charge in [-0.3, -0.25) is 9.52 Å². The highest BCUT2D eigenvalue weighted by Gasteiger charge is 2.23. The summed E-state index contributed by atoms with van der Waals surface area (Å²) in [6.07, 6.45) is 1.85. The molecule has 0 aliphatic carbocycles. The van der Waals surface area contributed by atoms with Crippen LogP contribution in [0.2, 0.25) is 5.02 Å². The zero-order chi connectivity index (χ0) is 17.3. The molecule has 0 unspecified atom stereocenters. The van der Waals surface area contributed by atoms with Crippen molar-refractivity contribution in [3.8, 4) is 0 Å². The molecule has 1 N–H and O–H groups in total. The summed E-state index contributed by atoms with van der Waals surface area (Å²) in [6, 6.07) is 12.6. The van der Waals surface area contributed by atoms with Crippen molar-refractivity contribution >= 4 is 33.2 Å². The van der Waals surface area contributed by atoms with Gasteiger partial charge in [0.1, 0.15) is 0 Å². The number of anilines is 1. The van der Waals surface area contributed by atoms with Crippen LogP contribution in [0.15, 0.2) is 42.5 Å². The van der Waals surface area contributed by atoms with Crippen molar-refractivity contribution in [3.05, 3.63) is 64.2 Å². The van der Waals surface area contributed by atoms with Gasteiger partial charge in [0.25, 0.3) is 5.91 Å². The van der Waals surface area contributed by atoms with Crippen LogP contribution in [0.3, 0.4) is 0 Å². The Kier molecular flexibility index (Phi) is 4.51. The molecule has 5 nitrogen and oxygen atoms in total. The van der Waals surface area contributed by atoms with E-state index in [1.165, 1.54) is 23.8 Å². The molecule has 1 aliphatic rings. The molecule has 0 bridgehead atoms. The fraction of sp³-hybridized carbons (Fsp3) is 0.235. The summed E-state index contributed by atoms with van der Waals surface area (Å²) < 4.78 is 25.1. The average Bonchev–Trinajstić information content (AvgIpc) is 2.54. The molecule has 1 heterocycles. The number of carbonyl (C=O) groups is 1. The molecular weight excluding hydrogens is 348 g/mol. The number of rotatable bonds is 3. The molecule has 24 heavy (non-hydrogen) atoms. The maximum absolute atomic E-state index is 12.8. The predicted octanol–water partition coefficient (Wildman–Crippen LogP) is 2.91. The highest BCUT2D eigenvalue weighted by Crippen LogP contribution is 2.26. The summed E-state index contributed by atoms with van der Waals surface area (Å²) in [5.74, 6) is -0.202. The second-order valence-corrected chi connectivity index (χ2v) is 7.97. The number of halogens is 1. The lowest BCUT2D eigenvalue weighted by atomic mass is 9.99. The number of nitrogens with one attached hydrogen (secondary N) is 1. The van der Waals surface area contributed by atoms with Gasteiger partial charge in [0, 0.05) is 18.8 Å². The summed E-state index contributed by atoms with van der Waals surface area (Å²) >= 11 is 6.16. The Bertz CT molecular complexity index is 896. The molecular formula is C17H17ClN2O3S. The van der Waals surface area contributed by atoms with Crippen molar-refractivity contribution in [2.45, 2.75) is 13.0 Å². The molecule has 2 aromatic rings. The number of hydrogen-bond acceptors (Lipinski definition) is 3. The minimum Gasteiger partial charge on any atom is -0.334 e. The number of benzene rings is 2. The van der Waals surface area contributed by atoms with E-state index in [0.717, 1.165) is 18.2 Å². The minimum absolute atomic E-state index is 0.202. The second kappa shape index (κ2) is 6.45. The van der Waals surface area contributed by atoms with E-state index in [1.54, 1.807) is 4.90 Å². The summed E-state index contributed by atoms with van der Waals surface area (Å²) in [5.41, 5.74) is 2.99. The van der Waals surface area contributed by atoms with E-state index in [2.05, 4.69) is 10.8 Å². The average molecular weight is 365 g/mol. The molecule has 3 rings (SSSR count). The second-order valence-electron chi connectivity index (χ2n) is 5.81. The molecule has 126 valence electrons. The number of carbonyl (C=O) groups excluding carboxylic acids is 1. The molecule has 0 spiro atoms. The standard InChI is InChI=1S/C17H17ClN2O3S/c1-24(22,23)19-14-6-7-16(18)15(10-14)17(21)20-9-8-12-4-2-3-5-13(12)11-20/h2-7,10,19H,8-9,11H2,1H3. The lowest BCUT2D eigenvalue weighted by Crippen LogP contribution is -2.36. The van der Waals surface area contributed by atoms with Crippen molar-refractivity contribution in [2.75, 3.05) is 17.5 Å². The molecule has 2 aromatic carbocycles. The van der Waals surface area contributed by atoms with E-state index < -0.39 is 10.0 Å². The van der Waals surface area contributed by atoms with Gasteiger partial charge in [0.15, 0.2) is 0 Å². The Balaban J connectivity index is 1.86. The van der Waals surface area contributed by atoms with Crippen LogP contribution in [0.5, 0.6) is 0 Å². The Labute approximate surface area is 146 Å². The maximum Gasteiger partial charge on any atom is 0.255 e. The Morgan fingerprint density at radius 2 is 1.88 bits per heavy atom.